The number of rotatable bonds is 9. The van der Waals surface area contributed by atoms with E-state index in [0.29, 0.717) is 13.1 Å². The van der Waals surface area contributed by atoms with Crippen LogP contribution in [0, 0.1) is 0 Å². The number of pyridine rings is 1. The molecule has 0 aliphatic heterocycles. The Hall–Kier alpha value is -6.12. The second kappa shape index (κ2) is 11.4. The minimum Gasteiger partial charge on any atom is -0.505 e. The molecule has 43 heavy (non-hydrogen) atoms. The molecule has 0 saturated carbocycles. The fourth-order valence-corrected chi connectivity index (χ4v) is 4.39. The van der Waals surface area contributed by atoms with Crippen LogP contribution in [0.15, 0.2) is 60.9 Å². The Bertz CT molecular complexity index is 1760. The number of hydrogen-bond donors (Lipinski definition) is 4. The van der Waals surface area contributed by atoms with Gasteiger partial charge in [-0.3, -0.25) is 4.79 Å². The summed E-state index contributed by atoms with van der Waals surface area (Å²) in [7, 11) is 0. The maximum Gasteiger partial charge on any atom is 0.339 e. The summed E-state index contributed by atoms with van der Waals surface area (Å²) in [6, 6.07) is 11.4. The summed E-state index contributed by atoms with van der Waals surface area (Å²) in [5.74, 6) is -3.92. The fourth-order valence-electron chi connectivity index (χ4n) is 4.39. The fraction of sp³-hybridized carbons (Fsp3) is 0.143. The predicted octanol–water partition coefficient (Wildman–Crippen LogP) is 2.87. The molecule has 3 aromatic heterocycles. The SMILES string of the molecule is CCN(CC)C(=O)c1cc(-c2cn(-c3cccc(C(=O)O)c3O)nn2)nc(-c2cn(-c3cccc(C(=O)O)c3O)nn2)c1. The third-order valence-electron chi connectivity index (χ3n) is 6.62. The number of carbonyl (C=O) groups excluding carboxylic acids is 1. The topological polar surface area (TPSA) is 210 Å². The van der Waals surface area contributed by atoms with Crippen molar-refractivity contribution in [3.63, 3.8) is 0 Å². The monoisotopic (exact) mass is 584 g/mol. The second-order valence-corrected chi connectivity index (χ2v) is 9.16. The number of benzene rings is 2. The third-order valence-corrected chi connectivity index (χ3v) is 6.62. The first-order chi connectivity index (χ1) is 20.6. The van der Waals surface area contributed by atoms with Crippen LogP contribution in [-0.4, -0.2) is 91.2 Å². The summed E-state index contributed by atoms with van der Waals surface area (Å²) in [4.78, 5) is 42.5. The summed E-state index contributed by atoms with van der Waals surface area (Å²) in [6.07, 6.45) is 2.84. The lowest BCUT2D eigenvalue weighted by Crippen LogP contribution is -2.30. The summed E-state index contributed by atoms with van der Waals surface area (Å²) < 4.78 is 2.37. The second-order valence-electron chi connectivity index (χ2n) is 9.16. The quantitative estimate of drug-likeness (QED) is 0.197. The maximum atomic E-state index is 13.4. The molecule has 15 nitrogen and oxygen atoms in total. The average molecular weight is 585 g/mol. The summed E-state index contributed by atoms with van der Waals surface area (Å²) in [5.41, 5.74) is 0.622. The van der Waals surface area contributed by atoms with Crippen molar-refractivity contribution >= 4 is 17.8 Å². The van der Waals surface area contributed by atoms with Crippen LogP contribution in [0.2, 0.25) is 0 Å². The van der Waals surface area contributed by atoms with Crippen LogP contribution >= 0.6 is 0 Å². The molecule has 0 spiro atoms. The van der Waals surface area contributed by atoms with Gasteiger partial charge in [0.15, 0.2) is 11.5 Å². The van der Waals surface area contributed by atoms with E-state index in [1.165, 1.54) is 70.3 Å². The Morgan fingerprint density at radius 1 is 0.721 bits per heavy atom. The molecular weight excluding hydrogens is 560 g/mol. The molecule has 5 aromatic rings. The van der Waals surface area contributed by atoms with Crippen LogP contribution < -0.4 is 0 Å². The van der Waals surface area contributed by atoms with Crippen molar-refractivity contribution in [2.45, 2.75) is 13.8 Å². The normalized spacial score (nSPS) is 10.9. The van der Waals surface area contributed by atoms with E-state index in [0.717, 1.165) is 0 Å². The van der Waals surface area contributed by atoms with Gasteiger partial charge in [0.1, 0.15) is 33.9 Å². The molecule has 0 atom stereocenters. The molecule has 0 aliphatic carbocycles. The molecule has 0 saturated heterocycles. The van der Waals surface area contributed by atoms with E-state index in [2.05, 4.69) is 25.6 Å². The van der Waals surface area contributed by atoms with Gasteiger partial charge in [-0.25, -0.2) is 23.9 Å². The molecule has 5 rings (SSSR count). The van der Waals surface area contributed by atoms with Crippen molar-refractivity contribution in [2.24, 2.45) is 0 Å². The Balaban J connectivity index is 1.60. The van der Waals surface area contributed by atoms with Gasteiger partial charge in [0, 0.05) is 18.7 Å². The number of carboxylic acid groups (broad SMARTS) is 2. The van der Waals surface area contributed by atoms with Gasteiger partial charge in [-0.15, -0.1) is 10.2 Å². The van der Waals surface area contributed by atoms with Gasteiger partial charge in [0.05, 0.1) is 23.8 Å². The highest BCUT2D eigenvalue weighted by Gasteiger charge is 2.21. The van der Waals surface area contributed by atoms with Crippen molar-refractivity contribution in [1.29, 1.82) is 0 Å². The number of para-hydroxylation sites is 2. The van der Waals surface area contributed by atoms with E-state index in [1.54, 1.807) is 4.90 Å². The first-order valence-electron chi connectivity index (χ1n) is 12.9. The molecule has 2 aromatic carbocycles. The minimum absolute atomic E-state index is 0.0700. The van der Waals surface area contributed by atoms with Crippen molar-refractivity contribution in [3.8, 4) is 45.6 Å². The van der Waals surface area contributed by atoms with Crippen LogP contribution in [0.3, 0.4) is 0 Å². The lowest BCUT2D eigenvalue weighted by molar-refractivity contribution is 0.0682. The van der Waals surface area contributed by atoms with Crippen molar-refractivity contribution < 1.29 is 34.8 Å². The largest absolute Gasteiger partial charge is 0.505 e. The predicted molar refractivity (Wildman–Crippen MR) is 149 cm³/mol. The molecule has 0 radical (unpaired) electrons. The zero-order chi connectivity index (χ0) is 30.8. The van der Waals surface area contributed by atoms with Crippen LogP contribution in [0.1, 0.15) is 44.9 Å². The lowest BCUT2D eigenvalue weighted by atomic mass is 10.1. The van der Waals surface area contributed by atoms with E-state index in [9.17, 15) is 34.8 Å². The zero-order valence-electron chi connectivity index (χ0n) is 22.8. The van der Waals surface area contributed by atoms with Gasteiger partial charge in [-0.2, -0.15) is 0 Å². The Morgan fingerprint density at radius 3 is 1.56 bits per heavy atom. The number of phenols is 2. The van der Waals surface area contributed by atoms with E-state index in [1.807, 2.05) is 13.8 Å². The Kier molecular flexibility index (Phi) is 7.53. The van der Waals surface area contributed by atoms with Gasteiger partial charge in [-0.1, -0.05) is 22.6 Å². The number of carbonyl (C=O) groups is 3. The molecule has 0 unspecified atom stereocenters. The highest BCUT2D eigenvalue weighted by Crippen LogP contribution is 2.30. The summed E-state index contributed by atoms with van der Waals surface area (Å²) in [6.45, 7) is 4.59. The molecular formula is C28H24N8O7. The molecule has 0 bridgehead atoms. The first-order valence-corrected chi connectivity index (χ1v) is 12.9. The van der Waals surface area contributed by atoms with E-state index in [4.69, 9.17) is 0 Å². The van der Waals surface area contributed by atoms with Crippen LogP contribution in [-0.2, 0) is 0 Å². The molecule has 15 heteroatoms. The van der Waals surface area contributed by atoms with Crippen molar-refractivity contribution in [1.82, 2.24) is 39.9 Å². The Morgan fingerprint density at radius 2 is 1.16 bits per heavy atom. The molecule has 4 N–H and O–H groups in total. The van der Waals surface area contributed by atoms with Gasteiger partial charge < -0.3 is 25.3 Å². The van der Waals surface area contributed by atoms with Crippen molar-refractivity contribution in [3.05, 3.63) is 77.6 Å². The zero-order valence-corrected chi connectivity index (χ0v) is 22.8. The van der Waals surface area contributed by atoms with Crippen LogP contribution in [0.5, 0.6) is 11.5 Å². The Labute approximate surface area is 242 Å². The molecule has 0 fully saturated rings. The number of aromatic hydroxyl groups is 2. The average Bonchev–Trinajstić information content (AvgIpc) is 3.68. The minimum atomic E-state index is -1.32. The van der Waals surface area contributed by atoms with Gasteiger partial charge in [0.2, 0.25) is 0 Å². The number of amides is 1. The maximum absolute atomic E-state index is 13.4. The molecule has 218 valence electrons. The standard InChI is InChI=1S/C28H24N8O7/c1-3-34(4-2)26(39)15-11-18(20-13-35(32-30-20)22-9-5-7-16(24(22)37)27(40)41)29-19(12-15)21-14-36(33-31-21)23-10-6-8-17(25(23)38)28(42)43/h5-14,37-38H,3-4H2,1-2H3,(H,40,41)(H,42,43). The van der Waals surface area contributed by atoms with Gasteiger partial charge in [0.25, 0.3) is 5.91 Å². The third kappa shape index (κ3) is 5.33. The van der Waals surface area contributed by atoms with Gasteiger partial charge in [-0.05, 0) is 50.2 Å². The smallest absolute Gasteiger partial charge is 0.339 e. The highest BCUT2D eigenvalue weighted by molar-refractivity contribution is 5.96. The number of nitrogens with zero attached hydrogens (tertiary/aromatic N) is 8. The first kappa shape index (κ1) is 28.4. The van der Waals surface area contributed by atoms with E-state index >= 15 is 0 Å². The summed E-state index contributed by atoms with van der Waals surface area (Å²) >= 11 is 0. The van der Waals surface area contributed by atoms with Crippen LogP contribution in [0.25, 0.3) is 34.2 Å². The number of aromatic carboxylic acids is 2. The molecule has 0 aliphatic rings. The summed E-state index contributed by atoms with van der Waals surface area (Å²) in [5, 5.41) is 55.9. The number of hydrogen-bond acceptors (Lipinski definition) is 10. The van der Waals surface area contributed by atoms with Crippen molar-refractivity contribution in [2.75, 3.05) is 13.1 Å². The molecule has 3 heterocycles. The highest BCUT2D eigenvalue weighted by atomic mass is 16.4. The molecule has 1 amide bonds. The van der Waals surface area contributed by atoms with E-state index in [-0.39, 0.29) is 56.7 Å². The van der Waals surface area contributed by atoms with Gasteiger partial charge >= 0.3 is 11.9 Å². The van der Waals surface area contributed by atoms with E-state index < -0.39 is 23.4 Å². The lowest BCUT2D eigenvalue weighted by Gasteiger charge is -2.19. The number of carboxylic acids is 2. The number of aromatic nitrogens is 7. The van der Waals surface area contributed by atoms with Crippen LogP contribution in [0.4, 0.5) is 0 Å².